The van der Waals surface area contributed by atoms with Gasteiger partial charge in [0.05, 0.1) is 17.7 Å². The molecule has 3 nitrogen and oxygen atoms in total. The topological polar surface area (TPSA) is 39.2 Å². The lowest BCUT2D eigenvalue weighted by Crippen LogP contribution is -2.04. The van der Waals surface area contributed by atoms with Crippen molar-refractivity contribution in [2.24, 2.45) is 0 Å². The summed E-state index contributed by atoms with van der Waals surface area (Å²) in [5.74, 6) is -0.705. The van der Waals surface area contributed by atoms with Crippen LogP contribution in [0.25, 0.3) is 0 Å². The third kappa shape index (κ3) is 2.17. The third-order valence-corrected chi connectivity index (χ3v) is 1.82. The van der Waals surface area contributed by atoms with Crippen LogP contribution in [-0.2, 0) is 4.74 Å². The molecule has 0 aliphatic rings. The van der Waals surface area contributed by atoms with Gasteiger partial charge in [-0.1, -0.05) is 11.6 Å². The summed E-state index contributed by atoms with van der Waals surface area (Å²) in [6.45, 7) is 0. The number of alkyl halides is 2. The number of hydrogen-bond acceptors (Lipinski definition) is 3. The molecular formula is C8H6ClF2NO2. The molecule has 0 saturated carbocycles. The number of hydrogen-bond donors (Lipinski definition) is 0. The van der Waals surface area contributed by atoms with Gasteiger partial charge >= 0.3 is 5.97 Å². The molecule has 76 valence electrons. The molecule has 1 aromatic heterocycles. The lowest BCUT2D eigenvalue weighted by molar-refractivity contribution is 0.0600. The molecule has 0 aromatic carbocycles. The predicted molar refractivity (Wildman–Crippen MR) is 45.5 cm³/mol. The molecule has 0 N–H and O–H groups in total. The molecule has 0 amide bonds. The van der Waals surface area contributed by atoms with Crippen LogP contribution in [0, 0.1) is 0 Å². The van der Waals surface area contributed by atoms with Crippen LogP contribution in [0.2, 0.25) is 5.02 Å². The molecule has 1 heterocycles. The molecule has 1 aromatic rings. The van der Waals surface area contributed by atoms with Crippen molar-refractivity contribution in [1.82, 2.24) is 4.98 Å². The fourth-order valence-electron chi connectivity index (χ4n) is 0.825. The summed E-state index contributed by atoms with van der Waals surface area (Å²) < 4.78 is 28.6. The smallest absolute Gasteiger partial charge is 0.340 e. The van der Waals surface area contributed by atoms with Gasteiger partial charge in [0.2, 0.25) is 0 Å². The van der Waals surface area contributed by atoms with Crippen LogP contribution in [-0.4, -0.2) is 18.1 Å². The monoisotopic (exact) mass is 221 g/mol. The van der Waals surface area contributed by atoms with E-state index in [0.717, 1.165) is 12.3 Å². The Morgan fingerprint density at radius 1 is 1.64 bits per heavy atom. The van der Waals surface area contributed by atoms with Crippen LogP contribution in [0.5, 0.6) is 0 Å². The fraction of sp³-hybridized carbons (Fsp3) is 0.250. The van der Waals surface area contributed by atoms with Crippen molar-refractivity contribution < 1.29 is 18.3 Å². The van der Waals surface area contributed by atoms with E-state index in [9.17, 15) is 13.6 Å². The first-order valence-corrected chi connectivity index (χ1v) is 3.96. The minimum Gasteiger partial charge on any atom is -0.465 e. The molecule has 0 fully saturated rings. The van der Waals surface area contributed by atoms with Crippen LogP contribution in [0.4, 0.5) is 8.78 Å². The minimum absolute atomic E-state index is 0.0291. The number of ether oxygens (including phenoxy) is 1. The quantitative estimate of drug-likeness (QED) is 0.720. The summed E-state index contributed by atoms with van der Waals surface area (Å²) in [5, 5.41) is -0.0952. The maximum Gasteiger partial charge on any atom is 0.340 e. The highest BCUT2D eigenvalue weighted by Crippen LogP contribution is 2.22. The molecule has 0 atom stereocenters. The van der Waals surface area contributed by atoms with E-state index in [1.165, 1.54) is 7.11 Å². The molecule has 0 bridgehead atoms. The van der Waals surface area contributed by atoms with Gasteiger partial charge < -0.3 is 4.74 Å². The zero-order valence-electron chi connectivity index (χ0n) is 7.13. The van der Waals surface area contributed by atoms with E-state index in [1.807, 2.05) is 0 Å². The van der Waals surface area contributed by atoms with E-state index in [-0.39, 0.29) is 10.6 Å². The second-order valence-electron chi connectivity index (χ2n) is 2.38. The van der Waals surface area contributed by atoms with Gasteiger partial charge in [0.25, 0.3) is 6.43 Å². The molecule has 0 aliphatic heterocycles. The lowest BCUT2D eigenvalue weighted by atomic mass is 10.2. The Morgan fingerprint density at radius 2 is 2.29 bits per heavy atom. The second-order valence-corrected chi connectivity index (χ2v) is 2.79. The molecule has 0 spiro atoms. The SMILES string of the molecule is COC(=O)c1cnc(C(F)F)cc1Cl. The highest BCUT2D eigenvalue weighted by Gasteiger charge is 2.15. The minimum atomic E-state index is -2.71. The Kier molecular flexibility index (Phi) is 3.35. The normalized spacial score (nSPS) is 10.4. The number of nitrogens with zero attached hydrogens (tertiary/aromatic N) is 1. The van der Waals surface area contributed by atoms with Crippen LogP contribution in [0.3, 0.4) is 0 Å². The van der Waals surface area contributed by atoms with Gasteiger partial charge in [-0.05, 0) is 6.07 Å². The summed E-state index contributed by atoms with van der Waals surface area (Å²) in [6, 6.07) is 0.943. The highest BCUT2D eigenvalue weighted by molar-refractivity contribution is 6.33. The number of aromatic nitrogens is 1. The molecule has 0 unspecified atom stereocenters. The molecule has 6 heteroatoms. The number of esters is 1. The Balaban J connectivity index is 3.07. The van der Waals surface area contributed by atoms with E-state index in [2.05, 4.69) is 9.72 Å². The summed E-state index contributed by atoms with van der Waals surface area (Å²) >= 11 is 5.57. The fourth-order valence-corrected chi connectivity index (χ4v) is 1.06. The molecular weight excluding hydrogens is 216 g/mol. The van der Waals surface area contributed by atoms with Gasteiger partial charge in [-0.25, -0.2) is 13.6 Å². The number of halogens is 3. The van der Waals surface area contributed by atoms with Gasteiger partial charge in [-0.15, -0.1) is 0 Å². The van der Waals surface area contributed by atoms with E-state index in [0.29, 0.717) is 0 Å². The average Bonchev–Trinajstić information content (AvgIpc) is 2.16. The number of carbonyl (C=O) groups is 1. The Labute approximate surface area is 83.7 Å². The molecule has 0 saturated heterocycles. The van der Waals surface area contributed by atoms with E-state index >= 15 is 0 Å². The number of methoxy groups -OCH3 is 1. The third-order valence-electron chi connectivity index (χ3n) is 1.50. The summed E-state index contributed by atoms with van der Waals surface area (Å²) in [6.07, 6.45) is -1.74. The summed E-state index contributed by atoms with van der Waals surface area (Å²) in [7, 11) is 1.17. The van der Waals surface area contributed by atoms with Crippen molar-refractivity contribution in [3.8, 4) is 0 Å². The van der Waals surface area contributed by atoms with Gasteiger partial charge in [0.1, 0.15) is 5.69 Å². The molecule has 0 aliphatic carbocycles. The highest BCUT2D eigenvalue weighted by atomic mass is 35.5. The van der Waals surface area contributed by atoms with E-state index in [4.69, 9.17) is 11.6 Å². The van der Waals surface area contributed by atoms with Crippen LogP contribution < -0.4 is 0 Å². The summed E-state index contributed by atoms with van der Waals surface area (Å²) in [5.41, 5.74) is -0.499. The molecule has 1 rings (SSSR count). The molecule has 0 radical (unpaired) electrons. The Morgan fingerprint density at radius 3 is 2.71 bits per heavy atom. The first-order valence-electron chi connectivity index (χ1n) is 3.58. The van der Waals surface area contributed by atoms with Crippen molar-refractivity contribution in [3.63, 3.8) is 0 Å². The van der Waals surface area contributed by atoms with Crippen molar-refractivity contribution in [2.75, 3.05) is 7.11 Å². The second kappa shape index (κ2) is 4.32. The van der Waals surface area contributed by atoms with Crippen molar-refractivity contribution in [1.29, 1.82) is 0 Å². The van der Waals surface area contributed by atoms with Gasteiger partial charge in [-0.3, -0.25) is 4.98 Å². The molecule has 14 heavy (non-hydrogen) atoms. The maximum atomic E-state index is 12.1. The van der Waals surface area contributed by atoms with E-state index < -0.39 is 18.1 Å². The first-order chi connectivity index (χ1) is 6.56. The predicted octanol–water partition coefficient (Wildman–Crippen LogP) is 2.46. The zero-order valence-corrected chi connectivity index (χ0v) is 7.89. The van der Waals surface area contributed by atoms with Crippen molar-refractivity contribution in [2.45, 2.75) is 6.43 Å². The Hall–Kier alpha value is -1.23. The summed E-state index contributed by atoms with van der Waals surface area (Å²) in [4.78, 5) is 14.4. The Bertz CT molecular complexity index is 357. The van der Waals surface area contributed by atoms with Crippen LogP contribution in [0.1, 0.15) is 22.5 Å². The number of pyridine rings is 1. The number of rotatable bonds is 2. The average molecular weight is 222 g/mol. The van der Waals surface area contributed by atoms with Gasteiger partial charge in [0.15, 0.2) is 0 Å². The standard InChI is InChI=1S/C8H6ClF2NO2/c1-14-8(13)4-3-12-6(7(10)11)2-5(4)9/h2-3,7H,1H3. The lowest BCUT2D eigenvalue weighted by Gasteiger charge is -2.03. The maximum absolute atomic E-state index is 12.1. The zero-order chi connectivity index (χ0) is 10.7. The van der Waals surface area contributed by atoms with Gasteiger partial charge in [-0.2, -0.15) is 0 Å². The van der Waals surface area contributed by atoms with Crippen molar-refractivity contribution >= 4 is 17.6 Å². The number of carbonyl (C=O) groups excluding carboxylic acids is 1. The first kappa shape index (κ1) is 10.8. The van der Waals surface area contributed by atoms with Gasteiger partial charge in [0, 0.05) is 6.20 Å². The van der Waals surface area contributed by atoms with Crippen LogP contribution in [0.15, 0.2) is 12.3 Å². The van der Waals surface area contributed by atoms with Crippen molar-refractivity contribution in [3.05, 3.63) is 28.5 Å². The van der Waals surface area contributed by atoms with E-state index in [1.54, 1.807) is 0 Å². The van der Waals surface area contributed by atoms with Crippen LogP contribution >= 0.6 is 11.6 Å². The largest absolute Gasteiger partial charge is 0.465 e.